The molecule has 0 bridgehead atoms. The molecule has 2 aromatic carbocycles. The Kier molecular flexibility index (Phi) is 4.30. The summed E-state index contributed by atoms with van der Waals surface area (Å²) in [4.78, 5) is 12.3. The van der Waals surface area contributed by atoms with Crippen molar-refractivity contribution >= 4 is 27.5 Å². The minimum atomic E-state index is -0.457. The van der Waals surface area contributed by atoms with Crippen molar-refractivity contribution < 1.29 is 14.3 Å². The Labute approximate surface area is 150 Å². The highest BCUT2D eigenvalue weighted by Gasteiger charge is 2.26. The molecule has 0 unspecified atom stereocenters. The average Bonchev–Trinajstić information content (AvgIpc) is 2.55. The van der Waals surface area contributed by atoms with Gasteiger partial charge in [-0.15, -0.1) is 0 Å². The van der Waals surface area contributed by atoms with Crippen LogP contribution in [-0.2, 0) is 11.4 Å². The number of hydrogen-bond donors (Lipinski definition) is 1. The normalized spacial score (nSPS) is 12.7. The highest BCUT2D eigenvalue weighted by Crippen LogP contribution is 2.47. The van der Waals surface area contributed by atoms with Crippen LogP contribution in [0.5, 0.6) is 11.5 Å². The number of methoxy groups -OCH3 is 1. The van der Waals surface area contributed by atoms with Crippen LogP contribution in [0, 0.1) is 5.41 Å². The smallest absolute Gasteiger partial charge is 0.229 e. The van der Waals surface area contributed by atoms with Crippen LogP contribution in [0.2, 0.25) is 0 Å². The molecular formula is C19H20BrNO3. The molecule has 0 aliphatic carbocycles. The number of hydrogen-bond acceptors (Lipinski definition) is 3. The third-order valence-corrected chi connectivity index (χ3v) is 4.93. The fraction of sp³-hybridized carbons (Fsp3) is 0.316. The number of amides is 1. The summed E-state index contributed by atoms with van der Waals surface area (Å²) in [6.45, 7) is 6.10. The molecule has 0 aromatic heterocycles. The number of rotatable bonds is 2. The van der Waals surface area contributed by atoms with Crippen molar-refractivity contribution in [2.24, 2.45) is 5.41 Å². The average molecular weight is 390 g/mol. The monoisotopic (exact) mass is 389 g/mol. The van der Waals surface area contributed by atoms with Crippen LogP contribution < -0.4 is 14.8 Å². The van der Waals surface area contributed by atoms with E-state index in [1.54, 1.807) is 7.11 Å². The number of fused-ring (bicyclic) bond motifs is 3. The van der Waals surface area contributed by atoms with Crippen molar-refractivity contribution in [2.75, 3.05) is 12.4 Å². The first-order chi connectivity index (χ1) is 11.3. The van der Waals surface area contributed by atoms with E-state index in [1.165, 1.54) is 0 Å². The molecule has 1 aliphatic heterocycles. The lowest BCUT2D eigenvalue weighted by atomic mass is 9.94. The quantitative estimate of drug-likeness (QED) is 0.785. The maximum Gasteiger partial charge on any atom is 0.229 e. The number of benzene rings is 2. The number of carbonyl (C=O) groups is 1. The lowest BCUT2D eigenvalue weighted by Gasteiger charge is -2.25. The molecule has 5 heteroatoms. The van der Waals surface area contributed by atoms with Crippen molar-refractivity contribution in [3.8, 4) is 22.6 Å². The van der Waals surface area contributed by atoms with Gasteiger partial charge in [-0.1, -0.05) is 32.9 Å². The number of carbonyl (C=O) groups excluding carboxylic acids is 1. The van der Waals surface area contributed by atoms with Gasteiger partial charge in [0.15, 0.2) is 0 Å². The zero-order valence-electron chi connectivity index (χ0n) is 14.2. The summed E-state index contributed by atoms with van der Waals surface area (Å²) in [6.07, 6.45) is 0. The third-order valence-electron chi connectivity index (χ3n) is 4.02. The van der Waals surface area contributed by atoms with Crippen molar-refractivity contribution in [1.82, 2.24) is 0 Å². The Morgan fingerprint density at radius 1 is 1.25 bits per heavy atom. The molecule has 0 fully saturated rings. The van der Waals surface area contributed by atoms with Gasteiger partial charge in [-0.25, -0.2) is 0 Å². The molecule has 1 heterocycles. The van der Waals surface area contributed by atoms with Crippen molar-refractivity contribution in [2.45, 2.75) is 27.4 Å². The third kappa shape index (κ3) is 2.88. The molecule has 1 aliphatic rings. The van der Waals surface area contributed by atoms with E-state index >= 15 is 0 Å². The molecule has 0 saturated heterocycles. The second-order valence-corrected chi connectivity index (χ2v) is 7.57. The Morgan fingerprint density at radius 3 is 2.67 bits per heavy atom. The van der Waals surface area contributed by atoms with Gasteiger partial charge in [0.2, 0.25) is 5.91 Å². The number of nitrogens with one attached hydrogen (secondary N) is 1. The molecule has 0 radical (unpaired) electrons. The summed E-state index contributed by atoms with van der Waals surface area (Å²) in [7, 11) is 1.65. The van der Waals surface area contributed by atoms with Gasteiger partial charge in [0, 0.05) is 15.5 Å². The zero-order valence-corrected chi connectivity index (χ0v) is 15.8. The van der Waals surface area contributed by atoms with E-state index in [0.29, 0.717) is 6.61 Å². The van der Waals surface area contributed by atoms with E-state index in [-0.39, 0.29) is 5.91 Å². The van der Waals surface area contributed by atoms with Crippen LogP contribution in [0.15, 0.2) is 34.8 Å². The highest BCUT2D eigenvalue weighted by atomic mass is 79.9. The van der Waals surface area contributed by atoms with Gasteiger partial charge in [-0.05, 0) is 39.7 Å². The highest BCUT2D eigenvalue weighted by molar-refractivity contribution is 9.10. The van der Waals surface area contributed by atoms with Gasteiger partial charge in [0.05, 0.1) is 18.4 Å². The molecule has 1 amide bonds. The van der Waals surface area contributed by atoms with Crippen LogP contribution in [0.1, 0.15) is 26.3 Å². The van der Waals surface area contributed by atoms with Crippen LogP contribution >= 0.6 is 15.9 Å². The molecule has 4 nitrogen and oxygen atoms in total. The number of anilines is 1. The van der Waals surface area contributed by atoms with E-state index in [9.17, 15) is 4.79 Å². The summed E-state index contributed by atoms with van der Waals surface area (Å²) in [6, 6.07) is 9.68. The van der Waals surface area contributed by atoms with Gasteiger partial charge in [0.1, 0.15) is 18.1 Å². The van der Waals surface area contributed by atoms with E-state index in [0.717, 1.165) is 38.3 Å². The zero-order chi connectivity index (χ0) is 17.5. The molecule has 126 valence electrons. The first-order valence-corrected chi connectivity index (χ1v) is 8.55. The maximum absolute atomic E-state index is 12.3. The van der Waals surface area contributed by atoms with E-state index in [4.69, 9.17) is 9.47 Å². The minimum Gasteiger partial charge on any atom is -0.496 e. The molecule has 0 saturated carbocycles. The maximum atomic E-state index is 12.3. The second kappa shape index (κ2) is 6.13. The van der Waals surface area contributed by atoms with Gasteiger partial charge in [0.25, 0.3) is 0 Å². The lowest BCUT2D eigenvalue weighted by Crippen LogP contribution is -2.28. The van der Waals surface area contributed by atoms with E-state index < -0.39 is 5.41 Å². The molecule has 24 heavy (non-hydrogen) atoms. The predicted molar refractivity (Wildman–Crippen MR) is 98.5 cm³/mol. The number of ether oxygens (including phenoxy) is 2. The Balaban J connectivity index is 2.06. The number of halogens is 1. The summed E-state index contributed by atoms with van der Waals surface area (Å²) in [5, 5.41) is 2.98. The summed E-state index contributed by atoms with van der Waals surface area (Å²) < 4.78 is 12.2. The molecule has 0 spiro atoms. The fourth-order valence-corrected chi connectivity index (χ4v) is 3.18. The predicted octanol–water partition coefficient (Wildman–Crippen LogP) is 5.00. The van der Waals surface area contributed by atoms with Gasteiger partial charge >= 0.3 is 0 Å². The molecule has 3 rings (SSSR count). The summed E-state index contributed by atoms with van der Waals surface area (Å²) in [5.74, 6) is 1.55. The summed E-state index contributed by atoms with van der Waals surface area (Å²) >= 11 is 3.63. The first-order valence-electron chi connectivity index (χ1n) is 7.76. The Bertz CT molecular complexity index is 795. The van der Waals surface area contributed by atoms with Gasteiger partial charge in [-0.3, -0.25) is 4.79 Å². The van der Waals surface area contributed by atoms with Crippen molar-refractivity contribution in [3.63, 3.8) is 0 Å². The molecule has 2 aromatic rings. The van der Waals surface area contributed by atoms with Gasteiger partial charge in [-0.2, -0.15) is 0 Å². The van der Waals surface area contributed by atoms with Crippen LogP contribution in [0.25, 0.3) is 11.1 Å². The van der Waals surface area contributed by atoms with Crippen LogP contribution in [-0.4, -0.2) is 13.0 Å². The molecule has 0 atom stereocenters. The Hall–Kier alpha value is -2.01. The standard InChI is InChI=1S/C19H20BrNO3/c1-19(2,3)18(22)21-13-9-8-11-12(17(13)20)10-24-15-7-5-6-14(23-4)16(11)15/h5-9H,10H2,1-4H3,(H,21,22). The van der Waals surface area contributed by atoms with Crippen LogP contribution in [0.4, 0.5) is 5.69 Å². The topological polar surface area (TPSA) is 47.6 Å². The summed E-state index contributed by atoms with van der Waals surface area (Å²) in [5.41, 5.74) is 3.28. The van der Waals surface area contributed by atoms with Crippen LogP contribution in [0.3, 0.4) is 0 Å². The van der Waals surface area contributed by atoms with E-state index in [1.807, 2.05) is 51.1 Å². The largest absolute Gasteiger partial charge is 0.496 e. The second-order valence-electron chi connectivity index (χ2n) is 6.78. The van der Waals surface area contributed by atoms with Crippen molar-refractivity contribution in [3.05, 3.63) is 40.4 Å². The molecular weight excluding hydrogens is 370 g/mol. The van der Waals surface area contributed by atoms with Gasteiger partial charge < -0.3 is 14.8 Å². The van der Waals surface area contributed by atoms with E-state index in [2.05, 4.69) is 21.2 Å². The fourth-order valence-electron chi connectivity index (χ4n) is 2.62. The Morgan fingerprint density at radius 2 is 2.00 bits per heavy atom. The molecule has 1 N–H and O–H groups in total. The first kappa shape index (κ1) is 16.8. The minimum absolute atomic E-state index is 0.0298. The SMILES string of the molecule is COc1cccc2c1-c1ccc(NC(=O)C(C)(C)C)c(Br)c1CO2. The van der Waals surface area contributed by atoms with Crippen molar-refractivity contribution in [1.29, 1.82) is 0 Å². The lowest BCUT2D eigenvalue weighted by molar-refractivity contribution is -0.123.